The lowest BCUT2D eigenvalue weighted by Crippen LogP contribution is -2.24. The summed E-state index contributed by atoms with van der Waals surface area (Å²) >= 11 is 17.7. The van der Waals surface area contributed by atoms with E-state index in [-0.39, 0.29) is 23.1 Å². The monoisotopic (exact) mass is 416 g/mol. The molecule has 2 rings (SSSR count). The number of carbonyl (C=O) groups is 1. The average molecular weight is 418 g/mol. The van der Waals surface area contributed by atoms with E-state index in [2.05, 4.69) is 10.5 Å². The summed E-state index contributed by atoms with van der Waals surface area (Å²) in [7, 11) is 0. The number of halogens is 3. The zero-order valence-corrected chi connectivity index (χ0v) is 15.9. The molecule has 0 radical (unpaired) electrons. The number of phenols is 1. The van der Waals surface area contributed by atoms with Crippen LogP contribution >= 0.6 is 34.8 Å². The first-order valence-corrected chi connectivity index (χ1v) is 8.59. The van der Waals surface area contributed by atoms with E-state index in [0.717, 1.165) is 0 Å². The summed E-state index contributed by atoms with van der Waals surface area (Å²) in [5.74, 6) is -0.0690. The smallest absolute Gasteiger partial charge is 0.277 e. The Hall–Kier alpha value is -2.15. The maximum atomic E-state index is 11.8. The van der Waals surface area contributed by atoms with Gasteiger partial charge in [0.25, 0.3) is 5.91 Å². The Kier molecular flexibility index (Phi) is 7.38. The third-order valence-corrected chi connectivity index (χ3v) is 3.82. The minimum Gasteiger partial charge on any atom is -0.503 e. The molecule has 2 aromatic rings. The number of benzene rings is 2. The van der Waals surface area contributed by atoms with Gasteiger partial charge in [0.1, 0.15) is 5.75 Å². The Labute approximate surface area is 165 Å². The van der Waals surface area contributed by atoms with E-state index in [9.17, 15) is 9.90 Å². The van der Waals surface area contributed by atoms with Crippen LogP contribution < -0.4 is 14.9 Å². The third kappa shape index (κ3) is 5.69. The lowest BCUT2D eigenvalue weighted by molar-refractivity contribution is -0.123. The minimum absolute atomic E-state index is 0.115. The van der Waals surface area contributed by atoms with Gasteiger partial charge in [0.15, 0.2) is 18.1 Å². The number of hydrogen-bond donors (Lipinski definition) is 2. The number of hydrogen-bond acceptors (Lipinski definition) is 5. The molecule has 1 amide bonds. The van der Waals surface area contributed by atoms with Crippen LogP contribution in [0.3, 0.4) is 0 Å². The number of amides is 1. The van der Waals surface area contributed by atoms with E-state index in [4.69, 9.17) is 44.3 Å². The van der Waals surface area contributed by atoms with Gasteiger partial charge in [-0.05, 0) is 42.8 Å². The SMILES string of the molecule is CCOc1cc(C=NNC(=O)COc2ccc(Cl)cc2Cl)cc(Cl)c1O. The van der Waals surface area contributed by atoms with E-state index in [0.29, 0.717) is 28.0 Å². The first-order chi connectivity index (χ1) is 12.4. The van der Waals surface area contributed by atoms with Crippen molar-refractivity contribution in [3.8, 4) is 17.2 Å². The van der Waals surface area contributed by atoms with Crippen LogP contribution in [0.1, 0.15) is 12.5 Å². The van der Waals surface area contributed by atoms with Gasteiger partial charge in [-0.15, -0.1) is 0 Å². The van der Waals surface area contributed by atoms with Crippen molar-refractivity contribution in [2.24, 2.45) is 5.10 Å². The molecule has 138 valence electrons. The molecule has 0 unspecified atom stereocenters. The van der Waals surface area contributed by atoms with Crippen molar-refractivity contribution >= 4 is 46.9 Å². The van der Waals surface area contributed by atoms with Crippen LogP contribution in [0.5, 0.6) is 17.2 Å². The quantitative estimate of drug-likeness (QED) is 0.520. The Balaban J connectivity index is 1.92. The lowest BCUT2D eigenvalue weighted by atomic mass is 10.2. The molecule has 9 heteroatoms. The van der Waals surface area contributed by atoms with Crippen LogP contribution in [-0.2, 0) is 4.79 Å². The number of nitrogens with zero attached hydrogens (tertiary/aromatic N) is 1. The second-order valence-corrected chi connectivity index (χ2v) is 6.19. The van der Waals surface area contributed by atoms with Gasteiger partial charge in [0.2, 0.25) is 0 Å². The van der Waals surface area contributed by atoms with Gasteiger partial charge in [-0.1, -0.05) is 34.8 Å². The van der Waals surface area contributed by atoms with Gasteiger partial charge in [-0.2, -0.15) is 5.10 Å². The van der Waals surface area contributed by atoms with E-state index < -0.39 is 5.91 Å². The molecule has 0 aromatic heterocycles. The number of nitrogens with one attached hydrogen (secondary N) is 1. The fourth-order valence-corrected chi connectivity index (χ4v) is 2.56. The first kappa shape index (κ1) is 20.2. The predicted octanol–water partition coefficient (Wildman–Crippen LogP) is 4.28. The van der Waals surface area contributed by atoms with Crippen molar-refractivity contribution < 1.29 is 19.4 Å². The third-order valence-electron chi connectivity index (χ3n) is 3.01. The maximum absolute atomic E-state index is 11.8. The second kappa shape index (κ2) is 9.52. The summed E-state index contributed by atoms with van der Waals surface area (Å²) in [6, 6.07) is 7.71. The number of hydrazone groups is 1. The molecule has 26 heavy (non-hydrogen) atoms. The van der Waals surface area contributed by atoms with Crippen LogP contribution in [0.4, 0.5) is 0 Å². The molecule has 0 bridgehead atoms. The second-order valence-electron chi connectivity index (χ2n) is 4.94. The van der Waals surface area contributed by atoms with Gasteiger partial charge in [-0.25, -0.2) is 5.43 Å². The van der Waals surface area contributed by atoms with E-state index in [1.807, 2.05) is 0 Å². The van der Waals surface area contributed by atoms with Crippen molar-refractivity contribution in [1.82, 2.24) is 5.43 Å². The average Bonchev–Trinajstić information content (AvgIpc) is 2.58. The molecule has 2 aromatic carbocycles. The number of aromatic hydroxyl groups is 1. The fraction of sp³-hybridized carbons (Fsp3) is 0.176. The molecule has 2 N–H and O–H groups in total. The first-order valence-electron chi connectivity index (χ1n) is 7.45. The van der Waals surface area contributed by atoms with Crippen LogP contribution in [0, 0.1) is 0 Å². The van der Waals surface area contributed by atoms with Crippen LogP contribution in [0.15, 0.2) is 35.4 Å². The molecule has 6 nitrogen and oxygen atoms in total. The molecule has 0 saturated carbocycles. The zero-order valence-electron chi connectivity index (χ0n) is 13.6. The molecule has 0 aliphatic carbocycles. The molecule has 0 aliphatic heterocycles. The van der Waals surface area contributed by atoms with Gasteiger partial charge in [-0.3, -0.25) is 4.79 Å². The van der Waals surface area contributed by atoms with Crippen molar-refractivity contribution in [2.45, 2.75) is 6.92 Å². The summed E-state index contributed by atoms with van der Waals surface area (Å²) < 4.78 is 10.6. The van der Waals surface area contributed by atoms with Crippen molar-refractivity contribution in [3.05, 3.63) is 51.0 Å². The highest BCUT2D eigenvalue weighted by atomic mass is 35.5. The van der Waals surface area contributed by atoms with Gasteiger partial charge >= 0.3 is 0 Å². The molecular weight excluding hydrogens is 403 g/mol. The Bertz CT molecular complexity index is 828. The fourth-order valence-electron chi connectivity index (χ4n) is 1.88. The van der Waals surface area contributed by atoms with Crippen LogP contribution in [0.2, 0.25) is 15.1 Å². The molecule has 0 saturated heterocycles. The standard InChI is InChI=1S/C17H15Cl3N2O4/c1-2-25-15-6-10(5-13(20)17(15)24)8-21-22-16(23)9-26-14-4-3-11(18)7-12(14)19/h3-8,24H,2,9H2,1H3,(H,22,23). The number of rotatable bonds is 7. The largest absolute Gasteiger partial charge is 0.503 e. The van der Waals surface area contributed by atoms with Gasteiger partial charge in [0, 0.05) is 5.02 Å². The summed E-state index contributed by atoms with van der Waals surface area (Å²) in [6.07, 6.45) is 1.36. The normalized spacial score (nSPS) is 10.8. The molecule has 0 fully saturated rings. The van der Waals surface area contributed by atoms with Crippen molar-refractivity contribution in [2.75, 3.05) is 13.2 Å². The van der Waals surface area contributed by atoms with E-state index >= 15 is 0 Å². The summed E-state index contributed by atoms with van der Waals surface area (Å²) in [5, 5.41) is 14.5. The molecule has 0 heterocycles. The molecule has 0 atom stereocenters. The Morgan fingerprint density at radius 3 is 2.62 bits per heavy atom. The zero-order chi connectivity index (χ0) is 19.1. The van der Waals surface area contributed by atoms with Crippen LogP contribution in [0.25, 0.3) is 0 Å². The molecule has 0 aliphatic rings. The predicted molar refractivity (Wildman–Crippen MR) is 102 cm³/mol. The summed E-state index contributed by atoms with van der Waals surface area (Å²) in [6.45, 7) is 1.87. The topological polar surface area (TPSA) is 80.2 Å². The molecular formula is C17H15Cl3N2O4. The Morgan fingerprint density at radius 2 is 1.92 bits per heavy atom. The van der Waals surface area contributed by atoms with E-state index in [1.54, 1.807) is 25.1 Å². The summed E-state index contributed by atoms with van der Waals surface area (Å²) in [5.41, 5.74) is 2.85. The lowest BCUT2D eigenvalue weighted by Gasteiger charge is -2.08. The maximum Gasteiger partial charge on any atom is 0.277 e. The Morgan fingerprint density at radius 1 is 1.15 bits per heavy atom. The van der Waals surface area contributed by atoms with E-state index in [1.165, 1.54) is 18.3 Å². The highest BCUT2D eigenvalue weighted by molar-refractivity contribution is 6.35. The van der Waals surface area contributed by atoms with Crippen molar-refractivity contribution in [1.29, 1.82) is 0 Å². The number of ether oxygens (including phenoxy) is 2. The summed E-state index contributed by atoms with van der Waals surface area (Å²) in [4.78, 5) is 11.8. The highest BCUT2D eigenvalue weighted by Crippen LogP contribution is 2.34. The van der Waals surface area contributed by atoms with Crippen molar-refractivity contribution in [3.63, 3.8) is 0 Å². The number of carbonyl (C=O) groups excluding carboxylic acids is 1. The van der Waals surface area contributed by atoms with Gasteiger partial charge in [0.05, 0.1) is 22.9 Å². The highest BCUT2D eigenvalue weighted by Gasteiger charge is 2.09. The van der Waals surface area contributed by atoms with Crippen LogP contribution in [-0.4, -0.2) is 30.4 Å². The number of phenolic OH excluding ortho intramolecular Hbond substituents is 1. The molecule has 0 spiro atoms. The van der Waals surface area contributed by atoms with Gasteiger partial charge < -0.3 is 14.6 Å². The minimum atomic E-state index is -0.484.